The summed E-state index contributed by atoms with van der Waals surface area (Å²) >= 11 is 6.77. The summed E-state index contributed by atoms with van der Waals surface area (Å²) in [6.07, 6.45) is 1.76. The molecule has 0 aliphatic carbocycles. The number of nitrogens with one attached hydrogen (secondary N) is 1. The number of hydrogen-bond acceptors (Lipinski definition) is 3. The average molecular weight is 462 g/mol. The summed E-state index contributed by atoms with van der Waals surface area (Å²) in [4.78, 5) is 11.9. The molecule has 0 bridgehead atoms. The molecule has 0 radical (unpaired) electrons. The Hall–Kier alpha value is -2.18. The van der Waals surface area contributed by atoms with E-state index in [1.54, 1.807) is 0 Å². The summed E-state index contributed by atoms with van der Waals surface area (Å²) in [6.45, 7) is 0. The Labute approximate surface area is 162 Å². The molecule has 0 aliphatic rings. The van der Waals surface area contributed by atoms with Crippen molar-refractivity contribution in [1.29, 1.82) is 0 Å². The molecule has 0 fully saturated rings. The van der Waals surface area contributed by atoms with E-state index in [0.29, 0.717) is 5.76 Å². The van der Waals surface area contributed by atoms with Crippen molar-refractivity contribution in [3.05, 3.63) is 80.9 Å². The van der Waals surface area contributed by atoms with Crippen molar-refractivity contribution in [3.63, 3.8) is 0 Å². The van der Waals surface area contributed by atoms with Crippen LogP contribution >= 0.6 is 31.9 Å². The van der Waals surface area contributed by atoms with E-state index in [9.17, 15) is 4.79 Å². The summed E-state index contributed by atoms with van der Waals surface area (Å²) in [6, 6.07) is 19.1. The summed E-state index contributed by atoms with van der Waals surface area (Å²) < 4.78 is 7.69. The van der Waals surface area contributed by atoms with Gasteiger partial charge in [-0.05, 0) is 42.0 Å². The third kappa shape index (κ3) is 5.14. The molecule has 0 saturated carbocycles. The lowest BCUT2D eigenvalue weighted by molar-refractivity contribution is -0.120. The minimum atomic E-state index is -0.182. The second-order valence-electron chi connectivity index (χ2n) is 5.31. The monoisotopic (exact) mass is 460 g/mol. The van der Waals surface area contributed by atoms with E-state index >= 15 is 0 Å². The van der Waals surface area contributed by atoms with Gasteiger partial charge in [-0.1, -0.05) is 56.1 Å². The molecule has 6 heteroatoms. The van der Waals surface area contributed by atoms with E-state index in [1.165, 1.54) is 6.21 Å². The Kier molecular flexibility index (Phi) is 5.83. The highest BCUT2D eigenvalue weighted by atomic mass is 79.9. The molecular formula is C19H14Br2N2O2. The van der Waals surface area contributed by atoms with Crippen molar-refractivity contribution in [3.8, 4) is 11.3 Å². The lowest BCUT2D eigenvalue weighted by Gasteiger charge is -2.00. The Bertz CT molecular complexity index is 885. The van der Waals surface area contributed by atoms with E-state index in [-0.39, 0.29) is 12.3 Å². The fourth-order valence-corrected chi connectivity index (χ4v) is 2.72. The van der Waals surface area contributed by atoms with Crippen molar-refractivity contribution in [2.24, 2.45) is 5.10 Å². The van der Waals surface area contributed by atoms with E-state index in [2.05, 4.69) is 42.4 Å². The fraction of sp³-hybridized carbons (Fsp3) is 0.0526. The molecule has 0 atom stereocenters. The summed E-state index contributed by atoms with van der Waals surface area (Å²) in [5.41, 5.74) is 4.40. The first-order chi connectivity index (χ1) is 12.1. The van der Waals surface area contributed by atoms with Crippen LogP contribution in [-0.2, 0) is 11.2 Å². The highest BCUT2D eigenvalue weighted by molar-refractivity contribution is 9.10. The highest BCUT2D eigenvalue weighted by Gasteiger charge is 2.04. The number of rotatable bonds is 5. The van der Waals surface area contributed by atoms with Crippen LogP contribution in [0, 0.1) is 0 Å². The first-order valence-electron chi connectivity index (χ1n) is 7.52. The molecule has 3 rings (SSSR count). The summed E-state index contributed by atoms with van der Waals surface area (Å²) in [7, 11) is 0. The van der Waals surface area contributed by atoms with Crippen LogP contribution in [0.4, 0.5) is 0 Å². The number of carbonyl (C=O) groups excluding carboxylic acids is 1. The number of carbonyl (C=O) groups is 1. The Balaban J connectivity index is 1.56. The molecule has 1 aromatic heterocycles. The van der Waals surface area contributed by atoms with Crippen LogP contribution < -0.4 is 5.43 Å². The van der Waals surface area contributed by atoms with Gasteiger partial charge in [0.15, 0.2) is 0 Å². The standard InChI is InChI=1S/C19H14Br2N2O2/c20-15-5-1-13(2-6-15)11-19(24)23-22-12-17-9-10-18(25-17)14-3-7-16(21)8-4-14/h1-10,12H,11H2,(H,23,24)/b22-12+. The highest BCUT2D eigenvalue weighted by Crippen LogP contribution is 2.23. The average Bonchev–Trinajstić information content (AvgIpc) is 3.06. The first-order valence-corrected chi connectivity index (χ1v) is 9.11. The number of amides is 1. The second-order valence-corrected chi connectivity index (χ2v) is 7.14. The van der Waals surface area contributed by atoms with Gasteiger partial charge in [0, 0.05) is 14.5 Å². The molecule has 1 heterocycles. The Morgan fingerprint density at radius 2 is 1.60 bits per heavy atom. The van der Waals surface area contributed by atoms with Gasteiger partial charge in [0.05, 0.1) is 12.6 Å². The molecule has 0 saturated heterocycles. The number of hydrogen-bond donors (Lipinski definition) is 1. The fourth-order valence-electron chi connectivity index (χ4n) is 2.19. The van der Waals surface area contributed by atoms with Crippen LogP contribution in [0.2, 0.25) is 0 Å². The zero-order valence-electron chi connectivity index (χ0n) is 13.1. The van der Waals surface area contributed by atoms with Gasteiger partial charge in [0.2, 0.25) is 5.91 Å². The number of hydrazone groups is 1. The van der Waals surface area contributed by atoms with Gasteiger partial charge in [-0.25, -0.2) is 5.43 Å². The normalized spacial score (nSPS) is 11.0. The molecule has 3 aromatic rings. The smallest absolute Gasteiger partial charge is 0.244 e. The van der Waals surface area contributed by atoms with Gasteiger partial charge in [-0.15, -0.1) is 0 Å². The van der Waals surface area contributed by atoms with Crippen molar-refractivity contribution < 1.29 is 9.21 Å². The number of benzene rings is 2. The molecule has 126 valence electrons. The van der Waals surface area contributed by atoms with E-state index in [1.807, 2.05) is 60.7 Å². The predicted molar refractivity (Wildman–Crippen MR) is 105 cm³/mol. The largest absolute Gasteiger partial charge is 0.455 e. The van der Waals surface area contributed by atoms with Crippen LogP contribution in [0.1, 0.15) is 11.3 Å². The quantitative estimate of drug-likeness (QED) is 0.421. The molecule has 0 unspecified atom stereocenters. The van der Waals surface area contributed by atoms with Crippen LogP contribution in [-0.4, -0.2) is 12.1 Å². The molecule has 0 aliphatic heterocycles. The van der Waals surface area contributed by atoms with Crippen molar-refractivity contribution >= 4 is 44.0 Å². The summed E-state index contributed by atoms with van der Waals surface area (Å²) in [5.74, 6) is 1.13. The van der Waals surface area contributed by atoms with Crippen LogP contribution in [0.25, 0.3) is 11.3 Å². The maximum Gasteiger partial charge on any atom is 0.244 e. The zero-order chi connectivity index (χ0) is 17.6. The predicted octanol–water partition coefficient (Wildman–Crippen LogP) is 5.16. The Morgan fingerprint density at radius 3 is 2.28 bits per heavy atom. The number of nitrogens with zero attached hydrogens (tertiary/aromatic N) is 1. The first kappa shape index (κ1) is 17.6. The molecule has 25 heavy (non-hydrogen) atoms. The summed E-state index contributed by atoms with van der Waals surface area (Å²) in [5, 5.41) is 3.94. The van der Waals surface area contributed by atoms with Gasteiger partial charge in [-0.2, -0.15) is 5.10 Å². The van der Waals surface area contributed by atoms with Crippen molar-refractivity contribution in [2.45, 2.75) is 6.42 Å². The van der Waals surface area contributed by atoms with Crippen LogP contribution in [0.3, 0.4) is 0 Å². The van der Waals surface area contributed by atoms with Gasteiger partial charge in [-0.3, -0.25) is 4.79 Å². The van der Waals surface area contributed by atoms with Gasteiger partial charge in [0.1, 0.15) is 11.5 Å². The lowest BCUT2D eigenvalue weighted by Crippen LogP contribution is -2.19. The maximum atomic E-state index is 11.9. The second kappa shape index (κ2) is 8.27. The number of furan rings is 1. The van der Waals surface area contributed by atoms with E-state index < -0.39 is 0 Å². The molecule has 4 nitrogen and oxygen atoms in total. The van der Waals surface area contributed by atoms with E-state index in [0.717, 1.165) is 25.8 Å². The topological polar surface area (TPSA) is 54.6 Å². The molecule has 1 amide bonds. The SMILES string of the molecule is O=C(Cc1ccc(Br)cc1)N/N=C/c1ccc(-c2ccc(Br)cc2)o1. The minimum Gasteiger partial charge on any atom is -0.455 e. The van der Waals surface area contributed by atoms with Crippen LogP contribution in [0.15, 0.2) is 79.1 Å². The molecule has 1 N–H and O–H groups in total. The van der Waals surface area contributed by atoms with Gasteiger partial charge >= 0.3 is 0 Å². The van der Waals surface area contributed by atoms with Gasteiger partial charge in [0.25, 0.3) is 0 Å². The number of halogens is 2. The Morgan fingerprint density at radius 1 is 0.960 bits per heavy atom. The van der Waals surface area contributed by atoms with Crippen molar-refractivity contribution in [1.82, 2.24) is 5.43 Å². The lowest BCUT2D eigenvalue weighted by atomic mass is 10.1. The van der Waals surface area contributed by atoms with Gasteiger partial charge < -0.3 is 4.42 Å². The molecule has 0 spiro atoms. The third-order valence-electron chi connectivity index (χ3n) is 3.41. The molecule has 2 aromatic carbocycles. The van der Waals surface area contributed by atoms with Crippen molar-refractivity contribution in [2.75, 3.05) is 0 Å². The zero-order valence-corrected chi connectivity index (χ0v) is 16.2. The van der Waals surface area contributed by atoms with Crippen LogP contribution in [0.5, 0.6) is 0 Å². The van der Waals surface area contributed by atoms with E-state index in [4.69, 9.17) is 4.42 Å². The molecular weight excluding hydrogens is 448 g/mol. The third-order valence-corrected chi connectivity index (χ3v) is 4.47. The minimum absolute atomic E-state index is 0.182. The maximum absolute atomic E-state index is 11.9.